The third-order valence-corrected chi connectivity index (χ3v) is 5.20. The normalized spacial score (nSPS) is 30.6. The van der Waals surface area contributed by atoms with Crippen molar-refractivity contribution >= 4 is 0 Å². The van der Waals surface area contributed by atoms with Crippen molar-refractivity contribution in [3.05, 3.63) is 0 Å². The molecule has 0 amide bonds. The smallest absolute Gasteiger partial charge is 0.0616 e. The zero-order valence-electron chi connectivity index (χ0n) is 13.7. The number of rotatable bonds is 9. The van der Waals surface area contributed by atoms with Crippen LogP contribution in [0, 0.1) is 11.8 Å². The highest BCUT2D eigenvalue weighted by molar-refractivity contribution is 4.99. The van der Waals surface area contributed by atoms with Crippen molar-refractivity contribution in [2.24, 2.45) is 11.8 Å². The van der Waals surface area contributed by atoms with Gasteiger partial charge in [-0.25, -0.2) is 0 Å². The van der Waals surface area contributed by atoms with Crippen LogP contribution in [-0.4, -0.2) is 47.8 Å². The van der Waals surface area contributed by atoms with Gasteiger partial charge in [0, 0.05) is 18.1 Å². The summed E-state index contributed by atoms with van der Waals surface area (Å²) in [7, 11) is 0. The number of hydrogen-bond donors (Lipinski definition) is 2. The molecule has 0 aliphatic heterocycles. The van der Waals surface area contributed by atoms with E-state index in [1.165, 1.54) is 45.2 Å². The highest BCUT2D eigenvalue weighted by Crippen LogP contribution is 2.38. The monoisotopic (exact) mass is 282 g/mol. The Hall–Kier alpha value is -0.120. The number of hydrogen-bond acceptors (Lipinski definition) is 3. The van der Waals surface area contributed by atoms with Crippen LogP contribution in [0.15, 0.2) is 0 Å². The van der Waals surface area contributed by atoms with E-state index in [0.29, 0.717) is 12.5 Å². The molecule has 3 heteroatoms. The van der Waals surface area contributed by atoms with E-state index in [2.05, 4.69) is 31.0 Å². The summed E-state index contributed by atoms with van der Waals surface area (Å²) < 4.78 is 0. The van der Waals surface area contributed by atoms with Gasteiger partial charge in [0.05, 0.1) is 6.61 Å². The fourth-order valence-electron chi connectivity index (χ4n) is 4.07. The third-order valence-electron chi connectivity index (χ3n) is 5.20. The van der Waals surface area contributed by atoms with Gasteiger partial charge in [0.15, 0.2) is 0 Å². The van der Waals surface area contributed by atoms with Gasteiger partial charge in [-0.1, -0.05) is 27.2 Å². The van der Waals surface area contributed by atoms with E-state index in [1.807, 2.05) is 0 Å². The summed E-state index contributed by atoms with van der Waals surface area (Å²) in [4.78, 5) is 2.71. The first-order valence-corrected chi connectivity index (χ1v) is 8.71. The third kappa shape index (κ3) is 3.96. The Morgan fingerprint density at radius 1 is 1.30 bits per heavy atom. The maximum Gasteiger partial charge on any atom is 0.0616 e. The van der Waals surface area contributed by atoms with Crippen LogP contribution in [0.1, 0.15) is 59.3 Å². The molecule has 0 bridgehead atoms. The van der Waals surface area contributed by atoms with Crippen LogP contribution in [0.3, 0.4) is 0 Å². The lowest BCUT2D eigenvalue weighted by atomic mass is 9.85. The fraction of sp³-hybridized carbons (Fsp3) is 1.00. The molecule has 0 spiro atoms. The second kappa shape index (κ2) is 7.24. The van der Waals surface area contributed by atoms with Gasteiger partial charge >= 0.3 is 0 Å². The van der Waals surface area contributed by atoms with Gasteiger partial charge in [0.25, 0.3) is 0 Å². The Labute approximate surface area is 125 Å². The summed E-state index contributed by atoms with van der Waals surface area (Å²) in [6, 6.07) is 0.862. The Morgan fingerprint density at radius 2 is 2.05 bits per heavy atom. The van der Waals surface area contributed by atoms with E-state index in [9.17, 15) is 5.11 Å². The minimum atomic E-state index is 0.0157. The van der Waals surface area contributed by atoms with Crippen molar-refractivity contribution in [3.8, 4) is 0 Å². The molecule has 0 aromatic rings. The molecule has 0 heterocycles. The van der Waals surface area contributed by atoms with E-state index < -0.39 is 0 Å². The maximum absolute atomic E-state index is 9.87. The average Bonchev–Trinajstić information content (AvgIpc) is 3.18. The molecule has 0 radical (unpaired) electrons. The lowest BCUT2D eigenvalue weighted by Gasteiger charge is -2.36. The van der Waals surface area contributed by atoms with Crippen LogP contribution in [0.5, 0.6) is 0 Å². The average molecular weight is 282 g/mol. The van der Waals surface area contributed by atoms with E-state index >= 15 is 0 Å². The van der Waals surface area contributed by atoms with Gasteiger partial charge in [0.2, 0.25) is 0 Å². The van der Waals surface area contributed by atoms with E-state index in [-0.39, 0.29) is 5.54 Å². The van der Waals surface area contributed by atoms with Crippen LogP contribution < -0.4 is 5.32 Å². The second-order valence-corrected chi connectivity index (χ2v) is 7.34. The van der Waals surface area contributed by atoms with Crippen molar-refractivity contribution in [3.63, 3.8) is 0 Å². The summed E-state index contributed by atoms with van der Waals surface area (Å²) in [6.07, 6.45) is 7.75. The van der Waals surface area contributed by atoms with Crippen molar-refractivity contribution in [2.75, 3.05) is 26.2 Å². The van der Waals surface area contributed by atoms with Crippen LogP contribution in [0.2, 0.25) is 0 Å². The van der Waals surface area contributed by atoms with Gasteiger partial charge < -0.3 is 15.3 Å². The van der Waals surface area contributed by atoms with E-state index in [1.54, 1.807) is 0 Å². The first-order valence-electron chi connectivity index (χ1n) is 8.71. The Bertz CT molecular complexity index is 291. The number of aliphatic hydroxyl groups excluding tert-OH is 1. The molecular formula is C17H34N2O. The van der Waals surface area contributed by atoms with Gasteiger partial charge in [0.1, 0.15) is 0 Å². The lowest BCUT2D eigenvalue weighted by molar-refractivity contribution is 0.110. The zero-order chi connectivity index (χ0) is 14.6. The quantitative estimate of drug-likeness (QED) is 0.682. The topological polar surface area (TPSA) is 35.5 Å². The molecule has 0 aromatic heterocycles. The summed E-state index contributed by atoms with van der Waals surface area (Å²) >= 11 is 0. The van der Waals surface area contributed by atoms with Crippen LogP contribution in [0.25, 0.3) is 0 Å². The molecule has 2 N–H and O–H groups in total. The summed E-state index contributed by atoms with van der Waals surface area (Å²) in [6.45, 7) is 10.5. The molecule has 0 aromatic carbocycles. The second-order valence-electron chi connectivity index (χ2n) is 7.34. The minimum Gasteiger partial charge on any atom is -0.394 e. The molecular weight excluding hydrogens is 248 g/mol. The number of aliphatic hydroxyl groups is 1. The van der Waals surface area contributed by atoms with Gasteiger partial charge in [-0.3, -0.25) is 0 Å². The Balaban J connectivity index is 1.87. The molecule has 2 rings (SSSR count). The first-order chi connectivity index (χ1) is 9.61. The lowest BCUT2D eigenvalue weighted by Crippen LogP contribution is -2.52. The highest BCUT2D eigenvalue weighted by atomic mass is 16.3. The van der Waals surface area contributed by atoms with Gasteiger partial charge in [-0.15, -0.1) is 0 Å². The summed E-state index contributed by atoms with van der Waals surface area (Å²) in [5.41, 5.74) is 0.0157. The SMILES string of the molecule is CCNC1(CO)CCCC1CCN(CC(C)C)C1CC1. The van der Waals surface area contributed by atoms with Crippen LogP contribution >= 0.6 is 0 Å². The molecule has 2 saturated carbocycles. The summed E-state index contributed by atoms with van der Waals surface area (Å²) in [5, 5.41) is 13.5. The zero-order valence-corrected chi connectivity index (χ0v) is 13.7. The maximum atomic E-state index is 9.87. The number of likely N-dealkylation sites (N-methyl/N-ethyl adjacent to an activating group) is 1. The predicted octanol–water partition coefficient (Wildman–Crippen LogP) is 2.64. The molecule has 118 valence electrons. The van der Waals surface area contributed by atoms with Crippen LogP contribution in [-0.2, 0) is 0 Å². The van der Waals surface area contributed by atoms with Gasteiger partial charge in [-0.2, -0.15) is 0 Å². The highest BCUT2D eigenvalue weighted by Gasteiger charge is 2.42. The largest absolute Gasteiger partial charge is 0.394 e. The van der Waals surface area contributed by atoms with Crippen molar-refractivity contribution in [1.29, 1.82) is 0 Å². The van der Waals surface area contributed by atoms with E-state index in [0.717, 1.165) is 24.9 Å². The van der Waals surface area contributed by atoms with Crippen LogP contribution in [0.4, 0.5) is 0 Å². The van der Waals surface area contributed by atoms with E-state index in [4.69, 9.17) is 0 Å². The Kier molecular flexibility index (Phi) is 5.88. The molecule has 20 heavy (non-hydrogen) atoms. The minimum absolute atomic E-state index is 0.0157. The molecule has 3 nitrogen and oxygen atoms in total. The summed E-state index contributed by atoms with van der Waals surface area (Å²) in [5.74, 6) is 1.41. The molecule has 2 atom stereocenters. The number of nitrogens with one attached hydrogen (secondary N) is 1. The molecule has 2 aliphatic rings. The predicted molar refractivity (Wildman–Crippen MR) is 84.9 cm³/mol. The fourth-order valence-corrected chi connectivity index (χ4v) is 4.07. The van der Waals surface area contributed by atoms with Crippen molar-refractivity contribution in [1.82, 2.24) is 10.2 Å². The first kappa shape index (κ1) is 16.3. The molecule has 2 aliphatic carbocycles. The molecule has 0 saturated heterocycles. The molecule has 2 fully saturated rings. The number of nitrogens with zero attached hydrogens (tertiary/aromatic N) is 1. The van der Waals surface area contributed by atoms with Crippen molar-refractivity contribution < 1.29 is 5.11 Å². The molecule has 2 unspecified atom stereocenters. The Morgan fingerprint density at radius 3 is 2.60 bits per heavy atom. The van der Waals surface area contributed by atoms with Gasteiger partial charge in [-0.05, 0) is 57.0 Å². The standard InChI is InChI=1S/C17H34N2O/c1-4-18-17(13-20)10-5-6-15(17)9-11-19(12-14(2)3)16-7-8-16/h14-16,18,20H,4-13H2,1-3H3. The van der Waals surface area contributed by atoms with Crippen molar-refractivity contribution in [2.45, 2.75) is 70.9 Å².